The third kappa shape index (κ3) is 4.73. The number of benzene rings is 2. The normalized spacial score (nSPS) is 21.5. The van der Waals surface area contributed by atoms with Crippen LogP contribution in [0.1, 0.15) is 44.6 Å². The zero-order chi connectivity index (χ0) is 20.3. The predicted molar refractivity (Wildman–Crippen MR) is 118 cm³/mol. The van der Waals surface area contributed by atoms with E-state index in [4.69, 9.17) is 0 Å². The summed E-state index contributed by atoms with van der Waals surface area (Å²) in [5.74, 6) is 0. The van der Waals surface area contributed by atoms with Crippen molar-refractivity contribution in [3.05, 3.63) is 54.1 Å². The fourth-order valence-corrected chi connectivity index (χ4v) is 6.12. The quantitative estimate of drug-likeness (QED) is 0.699. The minimum atomic E-state index is -3.40. The molecule has 0 N–H and O–H groups in total. The van der Waals surface area contributed by atoms with Crippen LogP contribution in [0.3, 0.4) is 0 Å². The van der Waals surface area contributed by atoms with E-state index >= 15 is 0 Å². The lowest BCUT2D eigenvalue weighted by molar-refractivity contribution is 0.272. The summed E-state index contributed by atoms with van der Waals surface area (Å²) < 4.78 is 27.6. The summed E-state index contributed by atoms with van der Waals surface area (Å²) in [7, 11) is -3.40. The van der Waals surface area contributed by atoms with Crippen LogP contribution in [0, 0.1) is 0 Å². The third-order valence-corrected chi connectivity index (χ3v) is 8.35. The van der Waals surface area contributed by atoms with E-state index in [0.717, 1.165) is 43.4 Å². The Labute approximate surface area is 175 Å². The molecular weight excluding hydrogens is 380 g/mol. The van der Waals surface area contributed by atoms with E-state index in [9.17, 15) is 8.42 Å². The van der Waals surface area contributed by atoms with Crippen molar-refractivity contribution in [2.45, 2.75) is 56.4 Å². The molecule has 0 aliphatic carbocycles. The minimum absolute atomic E-state index is 0.406. The first kappa shape index (κ1) is 20.6. The molecule has 2 aliphatic rings. The second-order valence-corrected chi connectivity index (χ2v) is 10.4. The average molecular weight is 413 g/mol. The molecule has 1 atom stereocenters. The molecule has 2 fully saturated rings. The molecule has 0 spiro atoms. The van der Waals surface area contributed by atoms with Crippen LogP contribution in [0.5, 0.6) is 0 Å². The largest absolute Gasteiger partial charge is 0.300 e. The highest BCUT2D eigenvalue weighted by atomic mass is 32.2. The maximum atomic E-state index is 13.0. The van der Waals surface area contributed by atoms with Crippen LogP contribution in [-0.4, -0.2) is 49.8 Å². The van der Waals surface area contributed by atoms with Gasteiger partial charge in [-0.25, -0.2) is 8.42 Å². The molecule has 0 aromatic heterocycles. The van der Waals surface area contributed by atoms with Crippen molar-refractivity contribution in [1.29, 1.82) is 0 Å². The molecule has 5 heteroatoms. The Bertz CT molecular complexity index is 918. The van der Waals surface area contributed by atoms with E-state index in [2.05, 4.69) is 36.1 Å². The highest BCUT2D eigenvalue weighted by molar-refractivity contribution is 7.89. The molecule has 0 saturated carbocycles. The van der Waals surface area contributed by atoms with Gasteiger partial charge in [0, 0.05) is 25.7 Å². The Hall–Kier alpha value is -1.69. The lowest BCUT2D eigenvalue weighted by Crippen LogP contribution is -2.35. The zero-order valence-electron chi connectivity index (χ0n) is 17.4. The van der Waals surface area contributed by atoms with E-state index < -0.39 is 10.0 Å². The molecule has 156 valence electrons. The summed E-state index contributed by atoms with van der Waals surface area (Å²) in [6.07, 6.45) is 6.72. The van der Waals surface area contributed by atoms with Crippen molar-refractivity contribution >= 4 is 10.0 Å². The Morgan fingerprint density at radius 2 is 1.66 bits per heavy atom. The van der Waals surface area contributed by atoms with Crippen molar-refractivity contribution < 1.29 is 8.42 Å². The maximum Gasteiger partial charge on any atom is 0.243 e. The number of rotatable bonds is 6. The first-order valence-electron chi connectivity index (χ1n) is 11.0. The predicted octanol–water partition coefficient (Wildman–Crippen LogP) is 4.56. The van der Waals surface area contributed by atoms with Crippen molar-refractivity contribution in [1.82, 2.24) is 9.21 Å². The summed E-state index contributed by atoms with van der Waals surface area (Å²) in [5, 5.41) is 0. The van der Waals surface area contributed by atoms with E-state index in [1.807, 2.05) is 18.2 Å². The van der Waals surface area contributed by atoms with Crippen LogP contribution in [0.25, 0.3) is 11.1 Å². The van der Waals surface area contributed by atoms with Crippen molar-refractivity contribution in [3.63, 3.8) is 0 Å². The van der Waals surface area contributed by atoms with Gasteiger partial charge in [0.05, 0.1) is 4.90 Å². The molecule has 2 aromatic rings. The van der Waals surface area contributed by atoms with Crippen LogP contribution in [0.15, 0.2) is 53.4 Å². The van der Waals surface area contributed by atoms with Crippen molar-refractivity contribution in [2.75, 3.05) is 26.2 Å². The Balaban J connectivity index is 1.46. The molecule has 29 heavy (non-hydrogen) atoms. The summed E-state index contributed by atoms with van der Waals surface area (Å²) in [4.78, 5) is 2.98. The molecule has 2 aliphatic heterocycles. The number of nitrogens with zero attached hydrogens (tertiary/aromatic N) is 2. The van der Waals surface area contributed by atoms with Crippen molar-refractivity contribution in [2.24, 2.45) is 0 Å². The number of hydrogen-bond donors (Lipinski definition) is 0. The number of hydrogen-bond acceptors (Lipinski definition) is 3. The zero-order valence-corrected chi connectivity index (χ0v) is 18.2. The lowest BCUT2D eigenvalue weighted by Gasteiger charge is -2.26. The van der Waals surface area contributed by atoms with Gasteiger partial charge in [0.2, 0.25) is 10.0 Å². The van der Waals surface area contributed by atoms with Gasteiger partial charge in [-0.3, -0.25) is 0 Å². The minimum Gasteiger partial charge on any atom is -0.300 e. The summed E-state index contributed by atoms with van der Waals surface area (Å²) in [6, 6.07) is 16.7. The molecule has 4 nitrogen and oxygen atoms in total. The first-order chi connectivity index (χ1) is 14.0. The lowest BCUT2D eigenvalue weighted by atomic mass is 10.0. The number of likely N-dealkylation sites (tertiary alicyclic amines) is 1. The van der Waals surface area contributed by atoms with Crippen LogP contribution in [0.4, 0.5) is 0 Å². The van der Waals surface area contributed by atoms with E-state index in [-0.39, 0.29) is 0 Å². The standard InChI is InChI=1S/C24H32N2O2S/c1-20-7-6-15-25(20)18-14-21-10-12-22(13-11-21)23-8-5-9-24(19-23)29(27,28)26-16-3-2-4-17-26/h5,8-13,19-20H,2-4,6-7,14-18H2,1H3. The number of piperidine rings is 1. The highest BCUT2D eigenvalue weighted by Crippen LogP contribution is 2.26. The molecule has 2 heterocycles. The van der Waals surface area contributed by atoms with E-state index in [1.165, 1.54) is 24.9 Å². The molecule has 0 bridgehead atoms. The summed E-state index contributed by atoms with van der Waals surface area (Å²) >= 11 is 0. The van der Waals surface area contributed by atoms with Gasteiger partial charge in [-0.1, -0.05) is 42.8 Å². The molecule has 0 radical (unpaired) electrons. The molecule has 4 rings (SSSR count). The molecular formula is C24H32N2O2S. The monoisotopic (exact) mass is 412 g/mol. The molecule has 2 saturated heterocycles. The van der Waals surface area contributed by atoms with Gasteiger partial charge in [0.15, 0.2) is 0 Å². The van der Waals surface area contributed by atoms with Crippen LogP contribution in [0.2, 0.25) is 0 Å². The average Bonchev–Trinajstić information content (AvgIpc) is 3.18. The van der Waals surface area contributed by atoms with Crippen LogP contribution in [-0.2, 0) is 16.4 Å². The SMILES string of the molecule is CC1CCCN1CCc1ccc(-c2cccc(S(=O)(=O)N3CCCCC3)c2)cc1. The topological polar surface area (TPSA) is 40.6 Å². The molecule has 0 amide bonds. The van der Waals surface area contributed by atoms with Gasteiger partial charge in [-0.15, -0.1) is 0 Å². The van der Waals surface area contributed by atoms with Gasteiger partial charge in [-0.05, 0) is 74.4 Å². The van der Waals surface area contributed by atoms with Gasteiger partial charge in [-0.2, -0.15) is 4.31 Å². The Morgan fingerprint density at radius 3 is 2.34 bits per heavy atom. The molecule has 1 unspecified atom stereocenters. The maximum absolute atomic E-state index is 13.0. The van der Waals surface area contributed by atoms with Gasteiger partial charge in [0.25, 0.3) is 0 Å². The van der Waals surface area contributed by atoms with Crippen molar-refractivity contribution in [3.8, 4) is 11.1 Å². The fraction of sp³-hybridized carbons (Fsp3) is 0.500. The fourth-order valence-electron chi connectivity index (χ4n) is 4.55. The van der Waals surface area contributed by atoms with Crippen LogP contribution >= 0.6 is 0 Å². The smallest absolute Gasteiger partial charge is 0.243 e. The summed E-state index contributed by atoms with van der Waals surface area (Å²) in [6.45, 7) is 5.93. The highest BCUT2D eigenvalue weighted by Gasteiger charge is 2.26. The Kier molecular flexibility index (Phi) is 6.38. The summed E-state index contributed by atoms with van der Waals surface area (Å²) in [5.41, 5.74) is 3.37. The van der Waals surface area contributed by atoms with E-state index in [0.29, 0.717) is 24.0 Å². The molecule has 2 aromatic carbocycles. The Morgan fingerprint density at radius 1 is 0.897 bits per heavy atom. The second-order valence-electron chi connectivity index (χ2n) is 8.47. The third-order valence-electron chi connectivity index (χ3n) is 6.45. The number of sulfonamides is 1. The second kappa shape index (κ2) is 8.99. The first-order valence-corrected chi connectivity index (χ1v) is 12.4. The van der Waals surface area contributed by atoms with Gasteiger partial charge in [0.1, 0.15) is 0 Å². The van der Waals surface area contributed by atoms with Gasteiger partial charge >= 0.3 is 0 Å². The van der Waals surface area contributed by atoms with Gasteiger partial charge < -0.3 is 4.90 Å². The van der Waals surface area contributed by atoms with E-state index in [1.54, 1.807) is 10.4 Å². The van der Waals surface area contributed by atoms with Crippen LogP contribution < -0.4 is 0 Å².